The Labute approximate surface area is 173 Å². The summed E-state index contributed by atoms with van der Waals surface area (Å²) in [6.07, 6.45) is -2.78. The Morgan fingerprint density at radius 3 is 2.50 bits per heavy atom. The molecule has 3 rings (SSSR count). The van der Waals surface area contributed by atoms with E-state index in [-0.39, 0.29) is 24.7 Å². The predicted molar refractivity (Wildman–Crippen MR) is 109 cm³/mol. The van der Waals surface area contributed by atoms with Gasteiger partial charge < -0.3 is 10.2 Å². The van der Waals surface area contributed by atoms with Gasteiger partial charge in [-0.15, -0.1) is 0 Å². The van der Waals surface area contributed by atoms with Crippen molar-refractivity contribution in [2.45, 2.75) is 25.9 Å². The number of hydrogen-bond donors (Lipinski definition) is 1. The number of carbonyl (C=O) groups is 2. The van der Waals surface area contributed by atoms with Crippen molar-refractivity contribution in [2.24, 2.45) is 0 Å². The van der Waals surface area contributed by atoms with Crippen LogP contribution in [-0.2, 0) is 22.2 Å². The van der Waals surface area contributed by atoms with Crippen LogP contribution < -0.4 is 10.2 Å². The number of nitrogens with zero attached hydrogens (tertiary/aromatic N) is 2. The quantitative estimate of drug-likeness (QED) is 0.772. The van der Waals surface area contributed by atoms with Crippen LogP contribution in [0.2, 0.25) is 0 Å². The van der Waals surface area contributed by atoms with Gasteiger partial charge >= 0.3 is 6.18 Å². The molecule has 0 bridgehead atoms. The van der Waals surface area contributed by atoms with E-state index in [0.29, 0.717) is 13.1 Å². The fraction of sp³-hybridized carbons (Fsp3) is 0.364. The molecule has 1 N–H and O–H groups in total. The highest BCUT2D eigenvalue weighted by atomic mass is 19.4. The van der Waals surface area contributed by atoms with Crippen LogP contribution in [0.5, 0.6) is 0 Å². The monoisotopic (exact) mass is 419 g/mol. The fourth-order valence-electron chi connectivity index (χ4n) is 3.58. The zero-order valence-electron chi connectivity index (χ0n) is 16.7. The van der Waals surface area contributed by atoms with Crippen LogP contribution in [0.15, 0.2) is 48.5 Å². The summed E-state index contributed by atoms with van der Waals surface area (Å²) in [5, 5.41) is 2.32. The number of benzene rings is 2. The van der Waals surface area contributed by atoms with Crippen molar-refractivity contribution in [3.05, 3.63) is 59.7 Å². The molecule has 2 aromatic carbocycles. The predicted octanol–water partition coefficient (Wildman–Crippen LogP) is 3.95. The molecule has 0 aliphatic carbocycles. The SMILES string of the molecule is CCN(CC(=O)Nc1ccccc1C(F)(F)F)CC(=O)N1CCCc2ccccc21. The number of likely N-dealkylation sites (N-methyl/N-ethyl adjacent to an activating group) is 1. The Balaban J connectivity index is 1.64. The summed E-state index contributed by atoms with van der Waals surface area (Å²) < 4.78 is 39.3. The summed E-state index contributed by atoms with van der Waals surface area (Å²) in [4.78, 5) is 28.6. The van der Waals surface area contributed by atoms with Crippen molar-refractivity contribution in [1.29, 1.82) is 0 Å². The summed E-state index contributed by atoms with van der Waals surface area (Å²) in [6.45, 7) is 2.66. The van der Waals surface area contributed by atoms with Gasteiger partial charge in [-0.25, -0.2) is 0 Å². The van der Waals surface area contributed by atoms with Crippen LogP contribution in [-0.4, -0.2) is 42.9 Å². The normalized spacial score (nSPS) is 13.8. The number of para-hydroxylation sites is 2. The van der Waals surface area contributed by atoms with Crippen LogP contribution >= 0.6 is 0 Å². The van der Waals surface area contributed by atoms with Gasteiger partial charge in [-0.3, -0.25) is 14.5 Å². The maximum Gasteiger partial charge on any atom is 0.418 e. The lowest BCUT2D eigenvalue weighted by molar-refractivity contribution is -0.137. The van der Waals surface area contributed by atoms with E-state index in [2.05, 4.69) is 5.32 Å². The number of nitrogens with one attached hydrogen (secondary N) is 1. The standard InChI is InChI=1S/C22H24F3N3O2/c1-2-27(14-20(29)26-18-11-5-4-10-17(18)22(23,24)25)15-21(30)28-13-7-9-16-8-3-6-12-19(16)28/h3-6,8,10-12H,2,7,9,13-15H2,1H3,(H,26,29). The van der Waals surface area contributed by atoms with Gasteiger partial charge in [0.1, 0.15) is 0 Å². The average Bonchev–Trinajstić information content (AvgIpc) is 2.72. The number of rotatable bonds is 6. The first kappa shape index (κ1) is 21.8. The number of hydrogen-bond acceptors (Lipinski definition) is 3. The van der Waals surface area contributed by atoms with E-state index in [0.717, 1.165) is 30.2 Å². The Hall–Kier alpha value is -2.87. The maximum absolute atomic E-state index is 13.1. The van der Waals surface area contributed by atoms with Gasteiger partial charge in [0, 0.05) is 12.2 Å². The van der Waals surface area contributed by atoms with E-state index in [4.69, 9.17) is 0 Å². The minimum absolute atomic E-state index is 0.0131. The van der Waals surface area contributed by atoms with Crippen LogP contribution in [0.4, 0.5) is 24.5 Å². The number of aryl methyl sites for hydroxylation is 1. The zero-order chi connectivity index (χ0) is 21.7. The van der Waals surface area contributed by atoms with Crippen LogP contribution in [0, 0.1) is 0 Å². The second-order valence-electron chi connectivity index (χ2n) is 7.17. The fourth-order valence-corrected chi connectivity index (χ4v) is 3.58. The molecule has 0 fully saturated rings. The molecule has 0 atom stereocenters. The van der Waals surface area contributed by atoms with Crippen molar-refractivity contribution in [2.75, 3.05) is 36.4 Å². The molecular formula is C22H24F3N3O2. The third kappa shape index (κ3) is 5.18. The topological polar surface area (TPSA) is 52.7 Å². The lowest BCUT2D eigenvalue weighted by atomic mass is 10.0. The van der Waals surface area contributed by atoms with Crippen molar-refractivity contribution in [1.82, 2.24) is 4.90 Å². The Morgan fingerprint density at radius 2 is 1.77 bits per heavy atom. The van der Waals surface area contributed by atoms with E-state index in [1.165, 1.54) is 18.2 Å². The third-order valence-electron chi connectivity index (χ3n) is 5.09. The Morgan fingerprint density at radius 1 is 1.07 bits per heavy atom. The van der Waals surface area contributed by atoms with Gasteiger partial charge in [-0.1, -0.05) is 37.3 Å². The number of halogens is 3. The minimum Gasteiger partial charge on any atom is -0.324 e. The van der Waals surface area contributed by atoms with Crippen molar-refractivity contribution in [3.8, 4) is 0 Å². The van der Waals surface area contributed by atoms with E-state index in [9.17, 15) is 22.8 Å². The summed E-state index contributed by atoms with van der Waals surface area (Å²) in [5.41, 5.74) is 0.805. The molecule has 30 heavy (non-hydrogen) atoms. The number of anilines is 2. The molecule has 1 heterocycles. The molecule has 0 spiro atoms. The first-order chi connectivity index (χ1) is 14.3. The molecule has 0 saturated carbocycles. The zero-order valence-corrected chi connectivity index (χ0v) is 16.7. The third-order valence-corrected chi connectivity index (χ3v) is 5.09. The number of fused-ring (bicyclic) bond motifs is 1. The second kappa shape index (κ2) is 9.30. The molecule has 8 heteroatoms. The molecule has 160 valence electrons. The highest BCUT2D eigenvalue weighted by Gasteiger charge is 2.33. The minimum atomic E-state index is -4.56. The van der Waals surface area contributed by atoms with Gasteiger partial charge in [0.25, 0.3) is 0 Å². The molecule has 5 nitrogen and oxygen atoms in total. The van der Waals surface area contributed by atoms with Crippen molar-refractivity contribution >= 4 is 23.2 Å². The summed E-state index contributed by atoms with van der Waals surface area (Å²) in [6, 6.07) is 12.6. The first-order valence-corrected chi connectivity index (χ1v) is 9.86. The lowest BCUT2D eigenvalue weighted by Gasteiger charge is -2.31. The highest BCUT2D eigenvalue weighted by Crippen LogP contribution is 2.34. The van der Waals surface area contributed by atoms with Crippen molar-refractivity contribution < 1.29 is 22.8 Å². The first-order valence-electron chi connectivity index (χ1n) is 9.86. The van der Waals surface area contributed by atoms with Crippen LogP contribution in [0.3, 0.4) is 0 Å². The molecule has 1 aliphatic heterocycles. The van der Waals surface area contributed by atoms with Gasteiger partial charge in [-0.2, -0.15) is 13.2 Å². The summed E-state index contributed by atoms with van der Waals surface area (Å²) >= 11 is 0. The van der Waals surface area contributed by atoms with Crippen molar-refractivity contribution in [3.63, 3.8) is 0 Å². The molecule has 1 aliphatic rings. The molecule has 2 aromatic rings. The van der Waals surface area contributed by atoms with Gasteiger partial charge in [-0.05, 0) is 43.1 Å². The van der Waals surface area contributed by atoms with Crippen LogP contribution in [0.1, 0.15) is 24.5 Å². The van der Waals surface area contributed by atoms with E-state index >= 15 is 0 Å². The number of carbonyl (C=O) groups excluding carboxylic acids is 2. The summed E-state index contributed by atoms with van der Waals surface area (Å²) in [5.74, 6) is -0.729. The average molecular weight is 419 g/mol. The molecule has 0 radical (unpaired) electrons. The smallest absolute Gasteiger partial charge is 0.324 e. The van der Waals surface area contributed by atoms with E-state index < -0.39 is 17.6 Å². The molecular weight excluding hydrogens is 395 g/mol. The Bertz CT molecular complexity index is 914. The maximum atomic E-state index is 13.1. The van der Waals surface area contributed by atoms with Gasteiger partial charge in [0.15, 0.2) is 0 Å². The van der Waals surface area contributed by atoms with Crippen LogP contribution in [0.25, 0.3) is 0 Å². The van der Waals surface area contributed by atoms with Gasteiger partial charge in [0.2, 0.25) is 11.8 Å². The lowest BCUT2D eigenvalue weighted by Crippen LogP contribution is -2.44. The van der Waals surface area contributed by atoms with E-state index in [1.54, 1.807) is 16.7 Å². The largest absolute Gasteiger partial charge is 0.418 e. The molecule has 0 aromatic heterocycles. The molecule has 2 amide bonds. The number of alkyl halides is 3. The number of amides is 2. The summed E-state index contributed by atoms with van der Waals surface area (Å²) in [7, 11) is 0. The highest BCUT2D eigenvalue weighted by molar-refractivity contribution is 5.97. The van der Waals surface area contributed by atoms with E-state index in [1.807, 2.05) is 24.3 Å². The molecule has 0 unspecified atom stereocenters. The van der Waals surface area contributed by atoms with Gasteiger partial charge in [0.05, 0.1) is 24.3 Å². The Kier molecular flexibility index (Phi) is 6.77. The second-order valence-corrected chi connectivity index (χ2v) is 7.17. The molecule has 0 saturated heterocycles.